The molecule has 21 heavy (non-hydrogen) atoms. The second-order valence-corrected chi connectivity index (χ2v) is 5.25. The number of aromatic carboxylic acids is 2. The average molecular weight is 292 g/mol. The Balaban J connectivity index is 0.000000272. The number of ether oxygens (including phenoxy) is 1. The summed E-state index contributed by atoms with van der Waals surface area (Å²) in [6.45, 7) is 2.00. The third-order valence-corrected chi connectivity index (χ3v) is 3.82. The highest BCUT2D eigenvalue weighted by atomic mass is 16.5. The van der Waals surface area contributed by atoms with Gasteiger partial charge in [0.2, 0.25) is 0 Å². The fourth-order valence-electron chi connectivity index (χ4n) is 2.78. The van der Waals surface area contributed by atoms with Crippen molar-refractivity contribution in [1.29, 1.82) is 0 Å². The Morgan fingerprint density at radius 2 is 1.24 bits per heavy atom. The first-order valence-corrected chi connectivity index (χ1v) is 7.30. The van der Waals surface area contributed by atoms with Crippen LogP contribution < -0.4 is 0 Å². The highest BCUT2D eigenvalue weighted by Gasteiger charge is 2.22. The zero-order chi connectivity index (χ0) is 15.2. The quantitative estimate of drug-likeness (QED) is 0.875. The molecule has 0 atom stereocenters. The van der Waals surface area contributed by atoms with E-state index in [4.69, 9.17) is 14.9 Å². The summed E-state index contributed by atoms with van der Waals surface area (Å²) in [6, 6.07) is 2.80. The van der Waals surface area contributed by atoms with Gasteiger partial charge in [-0.1, -0.05) is 0 Å². The van der Waals surface area contributed by atoms with Gasteiger partial charge >= 0.3 is 11.9 Å². The zero-order valence-electron chi connectivity index (χ0n) is 11.9. The van der Waals surface area contributed by atoms with Crippen LogP contribution in [0.3, 0.4) is 0 Å². The highest BCUT2D eigenvalue weighted by molar-refractivity contribution is 5.95. The SMILES string of the molecule is C1CCOC1.O=C(O)c1ccc(C(=O)O)c2c1CCCC2. The smallest absolute Gasteiger partial charge is 0.335 e. The lowest BCUT2D eigenvalue weighted by atomic mass is 9.85. The molecule has 5 heteroatoms. The van der Waals surface area contributed by atoms with E-state index in [1.165, 1.54) is 25.0 Å². The molecule has 3 rings (SSSR count). The van der Waals surface area contributed by atoms with E-state index in [-0.39, 0.29) is 11.1 Å². The summed E-state index contributed by atoms with van der Waals surface area (Å²) in [5.41, 5.74) is 1.91. The number of fused-ring (bicyclic) bond motifs is 1. The summed E-state index contributed by atoms with van der Waals surface area (Å²) < 4.78 is 4.94. The monoisotopic (exact) mass is 292 g/mol. The largest absolute Gasteiger partial charge is 0.478 e. The lowest BCUT2D eigenvalue weighted by Crippen LogP contribution is -2.15. The maximum absolute atomic E-state index is 11.0. The van der Waals surface area contributed by atoms with Crippen LogP contribution in [0, 0.1) is 0 Å². The first-order valence-electron chi connectivity index (χ1n) is 7.30. The Morgan fingerprint density at radius 1 is 0.810 bits per heavy atom. The summed E-state index contributed by atoms with van der Waals surface area (Å²) >= 11 is 0. The first kappa shape index (κ1) is 15.5. The Hall–Kier alpha value is -1.88. The highest BCUT2D eigenvalue weighted by Crippen LogP contribution is 2.27. The van der Waals surface area contributed by atoms with Crippen molar-refractivity contribution in [3.63, 3.8) is 0 Å². The molecule has 0 unspecified atom stereocenters. The number of hydrogen-bond donors (Lipinski definition) is 2. The van der Waals surface area contributed by atoms with Gasteiger partial charge in [0, 0.05) is 13.2 Å². The molecule has 1 heterocycles. The topological polar surface area (TPSA) is 83.8 Å². The number of rotatable bonds is 2. The number of carboxylic acid groups (broad SMARTS) is 2. The summed E-state index contributed by atoms with van der Waals surface area (Å²) in [6.07, 6.45) is 5.74. The molecular weight excluding hydrogens is 272 g/mol. The molecule has 0 spiro atoms. The van der Waals surface area contributed by atoms with Gasteiger partial charge in [0.05, 0.1) is 11.1 Å². The molecular formula is C16H20O5. The molecule has 0 aromatic heterocycles. The van der Waals surface area contributed by atoms with Crippen LogP contribution >= 0.6 is 0 Å². The Bertz CT molecular complexity index is 481. The molecule has 2 N–H and O–H groups in total. The summed E-state index contributed by atoms with van der Waals surface area (Å²) in [5, 5.41) is 18.0. The minimum Gasteiger partial charge on any atom is -0.478 e. The molecule has 1 aliphatic carbocycles. The predicted octanol–water partition coefficient (Wildman–Crippen LogP) is 2.76. The average Bonchev–Trinajstić information content (AvgIpc) is 3.05. The number of carboxylic acids is 2. The summed E-state index contributed by atoms with van der Waals surface area (Å²) in [7, 11) is 0. The fourth-order valence-corrected chi connectivity index (χ4v) is 2.78. The second kappa shape index (κ2) is 7.22. The molecule has 1 saturated heterocycles. The number of carbonyl (C=O) groups is 2. The van der Waals surface area contributed by atoms with E-state index < -0.39 is 11.9 Å². The standard InChI is InChI=1S/C12H12O4.C4H8O/c13-11(14)9-5-6-10(12(15)16)8-4-2-1-3-7(8)9;1-2-4-5-3-1/h5-6H,1-4H2,(H,13,14)(H,15,16);1-4H2. The van der Waals surface area contributed by atoms with E-state index >= 15 is 0 Å². The van der Waals surface area contributed by atoms with Gasteiger partial charge < -0.3 is 14.9 Å². The van der Waals surface area contributed by atoms with Crippen LogP contribution in [0.4, 0.5) is 0 Å². The molecule has 2 aliphatic rings. The van der Waals surface area contributed by atoms with Crippen LogP contribution in [-0.2, 0) is 17.6 Å². The molecule has 0 amide bonds. The van der Waals surface area contributed by atoms with Gasteiger partial charge in [0.1, 0.15) is 0 Å². The van der Waals surface area contributed by atoms with Gasteiger partial charge in [0.15, 0.2) is 0 Å². The van der Waals surface area contributed by atoms with Crippen LogP contribution in [0.15, 0.2) is 12.1 Å². The molecule has 1 aromatic rings. The van der Waals surface area contributed by atoms with Gasteiger partial charge in [-0.25, -0.2) is 9.59 Å². The van der Waals surface area contributed by atoms with Gasteiger partial charge in [-0.15, -0.1) is 0 Å². The second-order valence-electron chi connectivity index (χ2n) is 5.25. The van der Waals surface area contributed by atoms with Gasteiger partial charge in [-0.3, -0.25) is 0 Å². The normalized spacial score (nSPS) is 16.6. The Labute approximate surface area is 123 Å². The minimum atomic E-state index is -0.977. The van der Waals surface area contributed by atoms with E-state index in [1.807, 2.05) is 0 Å². The maximum Gasteiger partial charge on any atom is 0.335 e. The first-order chi connectivity index (χ1) is 10.1. The van der Waals surface area contributed by atoms with E-state index in [2.05, 4.69) is 0 Å². The van der Waals surface area contributed by atoms with Crippen molar-refractivity contribution in [2.45, 2.75) is 38.5 Å². The fraction of sp³-hybridized carbons (Fsp3) is 0.500. The van der Waals surface area contributed by atoms with Crippen molar-refractivity contribution < 1.29 is 24.5 Å². The lowest BCUT2D eigenvalue weighted by molar-refractivity contribution is 0.0678. The van der Waals surface area contributed by atoms with E-state index in [0.29, 0.717) is 24.0 Å². The van der Waals surface area contributed by atoms with Crippen molar-refractivity contribution in [3.05, 3.63) is 34.4 Å². The molecule has 0 saturated carbocycles. The molecule has 0 radical (unpaired) electrons. The minimum absolute atomic E-state index is 0.250. The Kier molecular flexibility index (Phi) is 5.33. The van der Waals surface area contributed by atoms with Crippen molar-refractivity contribution in [2.24, 2.45) is 0 Å². The maximum atomic E-state index is 11.0. The van der Waals surface area contributed by atoms with E-state index in [1.54, 1.807) is 0 Å². The summed E-state index contributed by atoms with van der Waals surface area (Å²) in [4.78, 5) is 22.0. The van der Waals surface area contributed by atoms with E-state index in [9.17, 15) is 9.59 Å². The number of benzene rings is 1. The van der Waals surface area contributed by atoms with Gasteiger partial charge in [-0.05, 0) is 61.8 Å². The van der Waals surface area contributed by atoms with Crippen molar-refractivity contribution in [2.75, 3.05) is 13.2 Å². The van der Waals surface area contributed by atoms with E-state index in [0.717, 1.165) is 26.1 Å². The number of hydrogen-bond acceptors (Lipinski definition) is 3. The van der Waals surface area contributed by atoms with Crippen molar-refractivity contribution in [3.8, 4) is 0 Å². The summed E-state index contributed by atoms with van der Waals surface area (Å²) in [5.74, 6) is -1.95. The van der Waals surface area contributed by atoms with Crippen molar-refractivity contribution in [1.82, 2.24) is 0 Å². The van der Waals surface area contributed by atoms with Crippen molar-refractivity contribution >= 4 is 11.9 Å². The molecule has 114 valence electrons. The van der Waals surface area contributed by atoms with Crippen LogP contribution in [0.25, 0.3) is 0 Å². The van der Waals surface area contributed by atoms with Crippen LogP contribution in [0.5, 0.6) is 0 Å². The molecule has 5 nitrogen and oxygen atoms in total. The van der Waals surface area contributed by atoms with Crippen LogP contribution in [0.2, 0.25) is 0 Å². The molecule has 1 aromatic carbocycles. The third-order valence-electron chi connectivity index (χ3n) is 3.82. The predicted molar refractivity (Wildman–Crippen MR) is 77.1 cm³/mol. The molecule has 1 fully saturated rings. The zero-order valence-corrected chi connectivity index (χ0v) is 11.9. The van der Waals surface area contributed by atoms with Gasteiger partial charge in [-0.2, -0.15) is 0 Å². The van der Waals surface area contributed by atoms with Crippen LogP contribution in [-0.4, -0.2) is 35.4 Å². The van der Waals surface area contributed by atoms with Gasteiger partial charge in [0.25, 0.3) is 0 Å². The molecule has 1 aliphatic heterocycles. The molecule has 0 bridgehead atoms. The third kappa shape index (κ3) is 3.82. The van der Waals surface area contributed by atoms with Crippen LogP contribution in [0.1, 0.15) is 57.5 Å². The Morgan fingerprint density at radius 3 is 1.52 bits per heavy atom. The lowest BCUT2D eigenvalue weighted by Gasteiger charge is -2.19.